The number of unbranched alkanes of at least 4 members (excludes halogenated alkanes) is 9. The maximum atomic E-state index is 12.3. The zero-order valence-electron chi connectivity index (χ0n) is 25.0. The Balaban J connectivity index is 1.08. The summed E-state index contributed by atoms with van der Waals surface area (Å²) in [5, 5.41) is 3.55. The van der Waals surface area contributed by atoms with Crippen molar-refractivity contribution in [2.24, 2.45) is 0 Å². The Morgan fingerprint density at radius 1 is 1.02 bits per heavy atom. The smallest absolute Gasteiger partial charge is 0.353 e. The highest BCUT2D eigenvalue weighted by Crippen LogP contribution is 2.52. The second kappa shape index (κ2) is 18.1. The molecule has 2 aromatic rings. The lowest BCUT2D eigenvalue weighted by Gasteiger charge is -2.38. The molecule has 1 aliphatic heterocycles. The van der Waals surface area contributed by atoms with E-state index in [1.165, 1.54) is 75.6 Å². The summed E-state index contributed by atoms with van der Waals surface area (Å²) in [6.45, 7) is 3.59. The summed E-state index contributed by atoms with van der Waals surface area (Å²) in [7, 11) is -4.33. The molecule has 0 aromatic carbocycles. The zero-order valence-corrected chi connectivity index (χ0v) is 26.7. The fraction of sp³-hybridized carbons (Fsp3) is 0.759. The SMILES string of the molecule is C[C@H](Cn1cnc2c(N)ncnc21)OCP(=O)(O)OCCCOCCCCCCCCCCCC#CS1(C)CCC1. The van der Waals surface area contributed by atoms with E-state index in [4.69, 9.17) is 19.7 Å². The van der Waals surface area contributed by atoms with E-state index in [2.05, 4.69) is 32.4 Å². The molecule has 0 saturated carbocycles. The number of hydrogen-bond acceptors (Lipinski definition) is 8. The van der Waals surface area contributed by atoms with E-state index in [-0.39, 0.29) is 19.1 Å². The van der Waals surface area contributed by atoms with Gasteiger partial charge in [0.25, 0.3) is 0 Å². The second-order valence-electron chi connectivity index (χ2n) is 11.1. The van der Waals surface area contributed by atoms with E-state index in [0.29, 0.717) is 36.6 Å². The molecule has 1 aliphatic rings. The molecule has 41 heavy (non-hydrogen) atoms. The van der Waals surface area contributed by atoms with E-state index in [1.807, 2.05) is 0 Å². The first kappa shape index (κ1) is 33.8. The van der Waals surface area contributed by atoms with Crippen molar-refractivity contribution in [2.75, 3.05) is 49.7 Å². The molecule has 1 unspecified atom stereocenters. The molecule has 3 rings (SSSR count). The van der Waals surface area contributed by atoms with Gasteiger partial charge in [0.15, 0.2) is 11.5 Å². The minimum absolute atomic E-state index is 0.154. The predicted octanol–water partition coefficient (Wildman–Crippen LogP) is 6.08. The lowest BCUT2D eigenvalue weighted by Crippen LogP contribution is -2.17. The number of imidazole rings is 1. The molecule has 2 atom stereocenters. The van der Waals surface area contributed by atoms with Gasteiger partial charge < -0.3 is 29.2 Å². The monoisotopic (exact) mass is 611 g/mol. The number of hydrogen-bond donors (Lipinski definition) is 2. The van der Waals surface area contributed by atoms with Gasteiger partial charge in [-0.1, -0.05) is 56.1 Å². The number of nitrogens with two attached hydrogens (primary N) is 1. The average Bonchev–Trinajstić information content (AvgIpc) is 3.34. The molecule has 3 N–H and O–H groups in total. The first-order valence-electron chi connectivity index (χ1n) is 15.1. The van der Waals surface area contributed by atoms with Gasteiger partial charge in [-0.15, -0.1) is 0 Å². The van der Waals surface area contributed by atoms with E-state index in [9.17, 15) is 9.46 Å². The molecule has 1 fully saturated rings. The Labute approximate surface area is 247 Å². The predicted molar refractivity (Wildman–Crippen MR) is 168 cm³/mol. The minimum Gasteiger partial charge on any atom is -0.382 e. The van der Waals surface area contributed by atoms with Crippen LogP contribution in [0.4, 0.5) is 5.82 Å². The lowest BCUT2D eigenvalue weighted by atomic mass is 10.1. The summed E-state index contributed by atoms with van der Waals surface area (Å²) < 4.78 is 30.5. The van der Waals surface area contributed by atoms with Gasteiger partial charge in [-0.05, 0) is 50.4 Å². The third-order valence-electron chi connectivity index (χ3n) is 7.23. The van der Waals surface area contributed by atoms with Crippen molar-refractivity contribution in [1.82, 2.24) is 19.5 Å². The van der Waals surface area contributed by atoms with Crippen LogP contribution in [0.25, 0.3) is 11.2 Å². The number of anilines is 1. The summed E-state index contributed by atoms with van der Waals surface area (Å²) in [6.07, 6.45) is 19.0. The first-order chi connectivity index (χ1) is 19.8. The van der Waals surface area contributed by atoms with Crippen molar-refractivity contribution < 1.29 is 23.5 Å². The number of fused-ring (bicyclic) bond motifs is 1. The summed E-state index contributed by atoms with van der Waals surface area (Å²) in [5.74, 6) is 6.48. The molecular formula is C29H50N5O5PS. The molecule has 0 spiro atoms. The Kier molecular flexibility index (Phi) is 14.9. The second-order valence-corrected chi connectivity index (χ2v) is 16.5. The van der Waals surface area contributed by atoms with Gasteiger partial charge in [-0.2, -0.15) is 10.0 Å². The van der Waals surface area contributed by atoms with Crippen molar-refractivity contribution in [3.63, 3.8) is 0 Å². The van der Waals surface area contributed by atoms with Gasteiger partial charge in [-0.3, -0.25) is 4.57 Å². The molecule has 12 heteroatoms. The number of nitrogen functional groups attached to an aromatic ring is 1. The largest absolute Gasteiger partial charge is 0.382 e. The van der Waals surface area contributed by atoms with Gasteiger partial charge in [0, 0.05) is 19.6 Å². The summed E-state index contributed by atoms with van der Waals surface area (Å²) in [5.41, 5.74) is 6.92. The van der Waals surface area contributed by atoms with Gasteiger partial charge in [0.05, 0.1) is 25.6 Å². The molecule has 3 heterocycles. The van der Waals surface area contributed by atoms with Crippen LogP contribution in [0.15, 0.2) is 12.7 Å². The number of ether oxygens (including phenoxy) is 2. The average molecular weight is 612 g/mol. The third-order valence-corrected chi connectivity index (χ3v) is 11.3. The van der Waals surface area contributed by atoms with Crippen molar-refractivity contribution in [3.05, 3.63) is 12.7 Å². The van der Waals surface area contributed by atoms with E-state index in [1.54, 1.807) is 17.8 Å². The fourth-order valence-electron chi connectivity index (χ4n) is 4.65. The Bertz CT molecular complexity index is 1150. The van der Waals surface area contributed by atoms with Crippen LogP contribution in [-0.2, 0) is 25.1 Å². The van der Waals surface area contributed by atoms with Crippen LogP contribution in [0.1, 0.15) is 84.0 Å². The summed E-state index contributed by atoms with van der Waals surface area (Å²) in [4.78, 5) is 22.4. The van der Waals surface area contributed by atoms with Crippen molar-refractivity contribution in [3.8, 4) is 11.2 Å². The highest BCUT2D eigenvalue weighted by Gasteiger charge is 2.23. The molecule has 0 aliphatic carbocycles. The molecule has 10 nitrogen and oxygen atoms in total. The molecule has 2 aromatic heterocycles. The van der Waals surface area contributed by atoms with E-state index < -0.39 is 17.6 Å². The van der Waals surface area contributed by atoms with Crippen molar-refractivity contribution in [2.45, 2.75) is 96.6 Å². The number of nitrogens with zero attached hydrogens (tertiary/aromatic N) is 4. The molecule has 0 amide bonds. The van der Waals surface area contributed by atoms with Crippen molar-refractivity contribution in [1.29, 1.82) is 0 Å². The zero-order chi connectivity index (χ0) is 29.4. The normalized spacial score (nSPS) is 17.3. The summed E-state index contributed by atoms with van der Waals surface area (Å²) >= 11 is 0. The molecular weight excluding hydrogens is 561 g/mol. The van der Waals surface area contributed by atoms with Crippen LogP contribution in [0.5, 0.6) is 0 Å². The standard InChI is InChI=1S/C29H50N5O5PS/c1-26(22-34-24-33-27-28(30)31-23-32-29(27)34)38-25-40(35,36)39-18-14-17-37-16-12-10-8-6-4-3-5-7-9-11-13-19-41(2)20-15-21-41/h23-24,26H,3-12,14-18,20-22,25H2,1-2H3,(H,35,36)(H2,30,31,32)/t26-/m1/s1. The quantitative estimate of drug-likeness (QED) is 0.0978. The third kappa shape index (κ3) is 13.0. The lowest BCUT2D eigenvalue weighted by molar-refractivity contribution is 0.0688. The Hall–Kier alpha value is -1.67. The Morgan fingerprint density at radius 3 is 2.41 bits per heavy atom. The number of rotatable bonds is 21. The van der Waals surface area contributed by atoms with Crippen LogP contribution < -0.4 is 5.73 Å². The first-order valence-corrected chi connectivity index (χ1v) is 19.2. The van der Waals surface area contributed by atoms with Gasteiger partial charge in [0.2, 0.25) is 0 Å². The topological polar surface area (TPSA) is 135 Å². The molecule has 1 saturated heterocycles. The van der Waals surface area contributed by atoms with Gasteiger partial charge in [0.1, 0.15) is 18.2 Å². The van der Waals surface area contributed by atoms with Crippen LogP contribution >= 0.6 is 17.6 Å². The van der Waals surface area contributed by atoms with Crippen LogP contribution in [0.2, 0.25) is 0 Å². The molecule has 232 valence electrons. The van der Waals surface area contributed by atoms with Crippen LogP contribution in [0, 0.1) is 11.2 Å². The van der Waals surface area contributed by atoms with Crippen molar-refractivity contribution >= 4 is 34.6 Å². The minimum atomic E-state index is -3.84. The van der Waals surface area contributed by atoms with Crippen LogP contribution in [0.3, 0.4) is 0 Å². The van der Waals surface area contributed by atoms with E-state index in [0.717, 1.165) is 19.4 Å². The molecule has 0 radical (unpaired) electrons. The number of aromatic nitrogens is 4. The highest BCUT2D eigenvalue weighted by atomic mass is 32.3. The maximum absolute atomic E-state index is 12.3. The molecule has 0 bridgehead atoms. The maximum Gasteiger partial charge on any atom is 0.353 e. The van der Waals surface area contributed by atoms with Gasteiger partial charge in [-0.25, -0.2) is 15.0 Å². The van der Waals surface area contributed by atoms with E-state index >= 15 is 0 Å². The fourth-order valence-corrected chi connectivity index (χ4v) is 7.39. The van der Waals surface area contributed by atoms with Gasteiger partial charge >= 0.3 is 7.60 Å². The summed E-state index contributed by atoms with van der Waals surface area (Å²) in [6, 6.07) is 0. The van der Waals surface area contributed by atoms with Crippen LogP contribution in [-0.4, -0.2) is 74.4 Å². The highest BCUT2D eigenvalue weighted by molar-refractivity contribution is 8.38. The Morgan fingerprint density at radius 2 is 1.71 bits per heavy atom.